The molecular formula is C11H19N3O. The first-order valence-corrected chi connectivity index (χ1v) is 5.17. The molecule has 1 heterocycles. The van der Waals surface area contributed by atoms with Crippen LogP contribution in [0, 0.1) is 0 Å². The van der Waals surface area contributed by atoms with Crippen molar-refractivity contribution in [3.8, 4) is 0 Å². The van der Waals surface area contributed by atoms with Gasteiger partial charge in [0.15, 0.2) is 0 Å². The van der Waals surface area contributed by atoms with Crippen molar-refractivity contribution >= 4 is 5.82 Å². The zero-order valence-corrected chi connectivity index (χ0v) is 9.86. The Morgan fingerprint density at radius 1 is 1.40 bits per heavy atom. The monoisotopic (exact) mass is 209 g/mol. The third-order valence-electron chi connectivity index (χ3n) is 2.71. The molecule has 0 aliphatic rings. The fourth-order valence-electron chi connectivity index (χ4n) is 1.18. The average molecular weight is 209 g/mol. The molecule has 0 unspecified atom stereocenters. The summed E-state index contributed by atoms with van der Waals surface area (Å²) >= 11 is 0. The predicted molar refractivity (Wildman–Crippen MR) is 61.0 cm³/mol. The van der Waals surface area contributed by atoms with Crippen LogP contribution in [0.1, 0.15) is 26.5 Å². The van der Waals surface area contributed by atoms with Crippen LogP contribution in [0.3, 0.4) is 0 Å². The van der Waals surface area contributed by atoms with Gasteiger partial charge in [0.1, 0.15) is 12.1 Å². The minimum atomic E-state index is -0.306. The van der Waals surface area contributed by atoms with Gasteiger partial charge in [0.2, 0.25) is 0 Å². The number of nitrogens with zero attached hydrogens (tertiary/aromatic N) is 3. The molecule has 0 radical (unpaired) electrons. The van der Waals surface area contributed by atoms with Gasteiger partial charge in [0.25, 0.3) is 0 Å². The van der Waals surface area contributed by atoms with Gasteiger partial charge in [-0.25, -0.2) is 9.97 Å². The second-order valence-corrected chi connectivity index (χ2v) is 4.25. The third-order valence-corrected chi connectivity index (χ3v) is 2.71. The van der Waals surface area contributed by atoms with Crippen molar-refractivity contribution in [2.24, 2.45) is 0 Å². The summed E-state index contributed by atoms with van der Waals surface area (Å²) in [6.07, 6.45) is 2.46. The molecule has 1 N–H and O–H groups in total. The standard InChI is InChI=1S/C11H19N3O/c1-5-9-6-10(13-8-12-9)14(4)11(2,3)7-15/h6,8,15H,5,7H2,1-4H3. The molecule has 0 aliphatic heterocycles. The number of aliphatic hydroxyl groups is 1. The van der Waals surface area contributed by atoms with Gasteiger partial charge in [-0.05, 0) is 20.3 Å². The molecule has 0 amide bonds. The second-order valence-electron chi connectivity index (χ2n) is 4.25. The Bertz CT molecular complexity index is 325. The number of anilines is 1. The van der Waals surface area contributed by atoms with Crippen LogP contribution in [-0.4, -0.2) is 34.3 Å². The van der Waals surface area contributed by atoms with E-state index in [1.54, 1.807) is 6.33 Å². The summed E-state index contributed by atoms with van der Waals surface area (Å²) in [6.45, 7) is 6.10. The van der Waals surface area contributed by atoms with E-state index in [1.807, 2.05) is 31.9 Å². The van der Waals surface area contributed by atoms with Crippen molar-refractivity contribution in [1.29, 1.82) is 0 Å². The summed E-state index contributed by atoms with van der Waals surface area (Å²) in [7, 11) is 1.93. The zero-order chi connectivity index (χ0) is 11.5. The van der Waals surface area contributed by atoms with Crippen molar-refractivity contribution in [2.45, 2.75) is 32.7 Å². The minimum absolute atomic E-state index is 0.0922. The highest BCUT2D eigenvalue weighted by molar-refractivity contribution is 5.40. The number of aromatic nitrogens is 2. The summed E-state index contributed by atoms with van der Waals surface area (Å²) in [5, 5.41) is 9.27. The van der Waals surface area contributed by atoms with Crippen molar-refractivity contribution in [1.82, 2.24) is 9.97 Å². The van der Waals surface area contributed by atoms with Crippen LogP contribution in [0.25, 0.3) is 0 Å². The second kappa shape index (κ2) is 4.57. The van der Waals surface area contributed by atoms with Crippen LogP contribution in [0.5, 0.6) is 0 Å². The van der Waals surface area contributed by atoms with Gasteiger partial charge in [-0.2, -0.15) is 0 Å². The van der Waals surface area contributed by atoms with E-state index in [-0.39, 0.29) is 12.1 Å². The number of aliphatic hydroxyl groups excluding tert-OH is 1. The van der Waals surface area contributed by atoms with E-state index < -0.39 is 0 Å². The fraction of sp³-hybridized carbons (Fsp3) is 0.636. The molecule has 4 heteroatoms. The largest absolute Gasteiger partial charge is 0.394 e. The Kier molecular flexibility index (Phi) is 3.63. The smallest absolute Gasteiger partial charge is 0.132 e. The molecule has 0 saturated carbocycles. The molecule has 0 spiro atoms. The van der Waals surface area contributed by atoms with E-state index in [2.05, 4.69) is 16.9 Å². The van der Waals surface area contributed by atoms with Gasteiger partial charge >= 0.3 is 0 Å². The molecule has 0 aliphatic carbocycles. The van der Waals surface area contributed by atoms with E-state index in [4.69, 9.17) is 0 Å². The van der Waals surface area contributed by atoms with E-state index in [0.717, 1.165) is 17.9 Å². The molecule has 15 heavy (non-hydrogen) atoms. The van der Waals surface area contributed by atoms with Crippen LogP contribution in [0.2, 0.25) is 0 Å². The molecule has 0 saturated heterocycles. The summed E-state index contributed by atoms with van der Waals surface area (Å²) in [6, 6.07) is 1.96. The Balaban J connectivity index is 2.95. The summed E-state index contributed by atoms with van der Waals surface area (Å²) < 4.78 is 0. The average Bonchev–Trinajstić information content (AvgIpc) is 2.28. The number of rotatable bonds is 4. The number of hydrogen-bond acceptors (Lipinski definition) is 4. The minimum Gasteiger partial charge on any atom is -0.394 e. The van der Waals surface area contributed by atoms with Gasteiger partial charge in [-0.15, -0.1) is 0 Å². The molecule has 0 bridgehead atoms. The molecule has 4 nitrogen and oxygen atoms in total. The third kappa shape index (κ3) is 2.65. The summed E-state index contributed by atoms with van der Waals surface area (Å²) in [5.41, 5.74) is 0.708. The van der Waals surface area contributed by atoms with Gasteiger partial charge in [0.05, 0.1) is 12.1 Å². The predicted octanol–water partition coefficient (Wildman–Crippen LogP) is 1.25. The molecule has 0 fully saturated rings. The first-order valence-electron chi connectivity index (χ1n) is 5.17. The molecule has 1 rings (SSSR count). The maximum Gasteiger partial charge on any atom is 0.132 e. The van der Waals surface area contributed by atoms with Gasteiger partial charge in [-0.1, -0.05) is 6.92 Å². The van der Waals surface area contributed by atoms with Gasteiger partial charge in [-0.3, -0.25) is 0 Å². The van der Waals surface area contributed by atoms with Crippen molar-refractivity contribution in [2.75, 3.05) is 18.6 Å². The van der Waals surface area contributed by atoms with Crippen LogP contribution in [0.4, 0.5) is 5.82 Å². The molecule has 0 aromatic carbocycles. The molecule has 0 atom stereocenters. The zero-order valence-electron chi connectivity index (χ0n) is 9.86. The lowest BCUT2D eigenvalue weighted by molar-refractivity contribution is 0.215. The number of aryl methyl sites for hydroxylation is 1. The first-order chi connectivity index (χ1) is 7.01. The lowest BCUT2D eigenvalue weighted by Crippen LogP contribution is -2.44. The first kappa shape index (κ1) is 11.9. The van der Waals surface area contributed by atoms with Crippen molar-refractivity contribution < 1.29 is 5.11 Å². The highest BCUT2D eigenvalue weighted by Gasteiger charge is 2.23. The van der Waals surface area contributed by atoms with E-state index in [1.165, 1.54) is 0 Å². The van der Waals surface area contributed by atoms with Crippen LogP contribution < -0.4 is 4.90 Å². The Hall–Kier alpha value is -1.16. The summed E-state index contributed by atoms with van der Waals surface area (Å²) in [4.78, 5) is 10.3. The maximum atomic E-state index is 9.27. The Morgan fingerprint density at radius 3 is 2.60 bits per heavy atom. The lowest BCUT2D eigenvalue weighted by atomic mass is 10.1. The Morgan fingerprint density at radius 2 is 2.07 bits per heavy atom. The Labute approximate surface area is 91.0 Å². The van der Waals surface area contributed by atoms with Crippen LogP contribution in [-0.2, 0) is 6.42 Å². The van der Waals surface area contributed by atoms with Crippen molar-refractivity contribution in [3.05, 3.63) is 18.1 Å². The highest BCUT2D eigenvalue weighted by atomic mass is 16.3. The van der Waals surface area contributed by atoms with Crippen molar-refractivity contribution in [3.63, 3.8) is 0 Å². The molecular weight excluding hydrogens is 190 g/mol. The molecule has 84 valence electrons. The molecule has 1 aromatic heterocycles. The quantitative estimate of drug-likeness (QED) is 0.810. The summed E-state index contributed by atoms with van der Waals surface area (Å²) in [5.74, 6) is 0.848. The van der Waals surface area contributed by atoms with Gasteiger partial charge in [0, 0.05) is 18.8 Å². The van der Waals surface area contributed by atoms with Gasteiger partial charge < -0.3 is 10.0 Å². The van der Waals surface area contributed by atoms with Crippen LogP contribution in [0.15, 0.2) is 12.4 Å². The molecule has 1 aromatic rings. The topological polar surface area (TPSA) is 49.2 Å². The van der Waals surface area contributed by atoms with Crippen LogP contribution >= 0.6 is 0 Å². The normalized spacial score (nSPS) is 11.5. The highest BCUT2D eigenvalue weighted by Crippen LogP contribution is 2.19. The fourth-order valence-corrected chi connectivity index (χ4v) is 1.18. The number of likely N-dealkylation sites (N-methyl/N-ethyl adjacent to an activating group) is 1. The SMILES string of the molecule is CCc1cc(N(C)C(C)(C)CO)ncn1. The lowest BCUT2D eigenvalue weighted by Gasteiger charge is -2.34. The van der Waals surface area contributed by atoms with E-state index in [9.17, 15) is 5.11 Å². The number of hydrogen-bond donors (Lipinski definition) is 1. The van der Waals surface area contributed by atoms with E-state index >= 15 is 0 Å². The maximum absolute atomic E-state index is 9.27. The van der Waals surface area contributed by atoms with E-state index in [0.29, 0.717) is 0 Å².